The van der Waals surface area contributed by atoms with E-state index in [2.05, 4.69) is 6.58 Å². The molecular formula is C26H30F5NO2. The van der Waals surface area contributed by atoms with Gasteiger partial charge >= 0.3 is 12.1 Å². The van der Waals surface area contributed by atoms with Gasteiger partial charge in [-0.05, 0) is 85.5 Å². The van der Waals surface area contributed by atoms with Gasteiger partial charge < -0.3 is 10.5 Å². The second kappa shape index (κ2) is 12.1. The molecule has 0 amide bonds. The van der Waals surface area contributed by atoms with Crippen molar-refractivity contribution in [1.29, 1.82) is 0 Å². The molecule has 0 aliphatic carbocycles. The number of nitrogens with two attached hydrogens (primary N) is 1. The van der Waals surface area contributed by atoms with Crippen molar-refractivity contribution in [3.8, 4) is 11.1 Å². The van der Waals surface area contributed by atoms with Crippen LogP contribution in [0.15, 0.2) is 36.9 Å². The minimum Gasteiger partial charge on any atom is -0.466 e. The second-order valence-electron chi connectivity index (χ2n) is 8.03. The number of ether oxygens (including phenoxy) is 1. The van der Waals surface area contributed by atoms with Crippen molar-refractivity contribution in [2.75, 3.05) is 6.61 Å². The molecule has 3 nitrogen and oxygen atoms in total. The van der Waals surface area contributed by atoms with Crippen molar-refractivity contribution in [2.45, 2.75) is 64.6 Å². The molecule has 0 aliphatic heterocycles. The van der Waals surface area contributed by atoms with Crippen LogP contribution in [0.4, 0.5) is 22.0 Å². The Morgan fingerprint density at radius 1 is 1.12 bits per heavy atom. The summed E-state index contributed by atoms with van der Waals surface area (Å²) >= 11 is 0. The van der Waals surface area contributed by atoms with Gasteiger partial charge in [0.15, 0.2) is 0 Å². The molecule has 1 atom stereocenters. The molecule has 0 saturated heterocycles. The number of esters is 1. The number of aryl methyl sites for hydroxylation is 2. The monoisotopic (exact) mass is 483 g/mol. The fraction of sp³-hybridized carbons (Fsp3) is 0.423. The Morgan fingerprint density at radius 2 is 1.79 bits per heavy atom. The Bertz CT molecular complexity index is 1020. The Hall–Kier alpha value is -2.74. The van der Waals surface area contributed by atoms with Crippen LogP contribution in [0.5, 0.6) is 0 Å². The molecule has 0 radical (unpaired) electrons. The lowest BCUT2D eigenvalue weighted by atomic mass is 9.87. The van der Waals surface area contributed by atoms with E-state index in [4.69, 9.17) is 10.5 Å². The summed E-state index contributed by atoms with van der Waals surface area (Å²) in [6, 6.07) is 3.19. The van der Waals surface area contributed by atoms with Gasteiger partial charge in [0.1, 0.15) is 11.6 Å². The number of unbranched alkanes of at least 4 members (excludes halogenated alkanes) is 2. The van der Waals surface area contributed by atoms with E-state index in [0.717, 1.165) is 18.9 Å². The summed E-state index contributed by atoms with van der Waals surface area (Å²) in [6.07, 6.45) is -0.711. The quantitative estimate of drug-likeness (QED) is 0.161. The molecule has 0 aliphatic rings. The molecule has 2 aromatic rings. The maximum atomic E-state index is 15.0. The Labute approximate surface area is 196 Å². The zero-order valence-electron chi connectivity index (χ0n) is 19.4. The van der Waals surface area contributed by atoms with Gasteiger partial charge in [0, 0.05) is 11.6 Å². The summed E-state index contributed by atoms with van der Waals surface area (Å²) < 4.78 is 75.4. The van der Waals surface area contributed by atoms with Crippen molar-refractivity contribution in [3.05, 3.63) is 70.8 Å². The third-order valence-corrected chi connectivity index (χ3v) is 5.54. The molecule has 2 aromatic carbocycles. The molecule has 0 fully saturated rings. The number of benzene rings is 2. The van der Waals surface area contributed by atoms with Gasteiger partial charge in [-0.1, -0.05) is 13.0 Å². The van der Waals surface area contributed by atoms with Crippen LogP contribution < -0.4 is 5.73 Å². The zero-order valence-corrected chi connectivity index (χ0v) is 19.4. The molecule has 0 aromatic heterocycles. The summed E-state index contributed by atoms with van der Waals surface area (Å²) in [4.78, 5) is 11.8. The van der Waals surface area contributed by atoms with Gasteiger partial charge in [0.25, 0.3) is 0 Å². The third kappa shape index (κ3) is 6.88. The van der Waals surface area contributed by atoms with E-state index in [9.17, 15) is 26.7 Å². The van der Waals surface area contributed by atoms with Crippen LogP contribution in [0.1, 0.15) is 67.8 Å². The van der Waals surface area contributed by atoms with Gasteiger partial charge in [-0.3, -0.25) is 4.79 Å². The lowest BCUT2D eigenvalue weighted by Crippen LogP contribution is -2.21. The van der Waals surface area contributed by atoms with E-state index < -0.39 is 47.4 Å². The van der Waals surface area contributed by atoms with Crippen molar-refractivity contribution in [2.24, 2.45) is 5.73 Å². The van der Waals surface area contributed by atoms with Crippen molar-refractivity contribution in [1.82, 2.24) is 0 Å². The number of hydrogen-bond acceptors (Lipinski definition) is 3. The minimum atomic E-state index is -4.99. The number of halogens is 5. The number of carbonyl (C=O) groups is 1. The average Bonchev–Trinajstić information content (AvgIpc) is 2.75. The van der Waals surface area contributed by atoms with Gasteiger partial charge in [-0.2, -0.15) is 13.2 Å². The van der Waals surface area contributed by atoms with E-state index in [1.54, 1.807) is 19.9 Å². The normalized spacial score (nSPS) is 12.5. The molecule has 0 unspecified atom stereocenters. The predicted octanol–water partition coefficient (Wildman–Crippen LogP) is 7.06. The number of rotatable bonds is 11. The second-order valence-corrected chi connectivity index (χ2v) is 8.03. The van der Waals surface area contributed by atoms with Crippen LogP contribution in [-0.2, 0) is 28.5 Å². The molecule has 0 bridgehead atoms. The summed E-state index contributed by atoms with van der Waals surface area (Å²) in [5.74, 6) is -2.76. The first kappa shape index (κ1) is 27.5. The van der Waals surface area contributed by atoms with E-state index in [1.807, 2.05) is 0 Å². The number of hydrogen-bond donors (Lipinski definition) is 1. The van der Waals surface area contributed by atoms with Gasteiger partial charge in [-0.15, -0.1) is 6.58 Å². The van der Waals surface area contributed by atoms with Crippen LogP contribution in [0.25, 0.3) is 11.1 Å². The van der Waals surface area contributed by atoms with Crippen molar-refractivity contribution in [3.63, 3.8) is 0 Å². The minimum absolute atomic E-state index is 0.0620. The fourth-order valence-corrected chi connectivity index (χ4v) is 3.95. The van der Waals surface area contributed by atoms with Gasteiger partial charge in [-0.25, -0.2) is 8.78 Å². The Balaban J connectivity index is 2.70. The van der Waals surface area contributed by atoms with Crippen molar-refractivity contribution < 1.29 is 31.5 Å². The van der Waals surface area contributed by atoms with Crippen LogP contribution in [0, 0.1) is 11.6 Å². The lowest BCUT2D eigenvalue weighted by Gasteiger charge is -2.21. The topological polar surface area (TPSA) is 52.3 Å². The largest absolute Gasteiger partial charge is 0.466 e. The fourth-order valence-electron chi connectivity index (χ4n) is 3.95. The standard InChI is InChI=1S/C26H30F5NO2/c1-4-7-8-9-10-17-12-19(27)11-16(5-2)24(17)18-13-20(22(32)15-23(33)34-6-3)25(28)21(14-18)26(29,30)31/h4,11-14,22H,1,5-10,15,32H2,2-3H3/t22-/m0/s1. The first-order valence-electron chi connectivity index (χ1n) is 11.3. The third-order valence-electron chi connectivity index (χ3n) is 5.54. The Morgan fingerprint density at radius 3 is 2.38 bits per heavy atom. The van der Waals surface area contributed by atoms with Crippen LogP contribution in [0.2, 0.25) is 0 Å². The van der Waals surface area contributed by atoms with E-state index in [0.29, 0.717) is 36.0 Å². The van der Waals surface area contributed by atoms with Crippen molar-refractivity contribution >= 4 is 5.97 Å². The summed E-state index contributed by atoms with van der Waals surface area (Å²) in [5, 5.41) is 0. The van der Waals surface area contributed by atoms with Gasteiger partial charge in [0.05, 0.1) is 18.6 Å². The van der Waals surface area contributed by atoms with E-state index in [-0.39, 0.29) is 12.2 Å². The smallest absolute Gasteiger partial charge is 0.419 e. The molecule has 2 N–H and O–H groups in total. The summed E-state index contributed by atoms with van der Waals surface area (Å²) in [7, 11) is 0. The lowest BCUT2D eigenvalue weighted by molar-refractivity contribution is -0.143. The number of alkyl halides is 3. The molecule has 34 heavy (non-hydrogen) atoms. The number of allylic oxidation sites excluding steroid dienone is 1. The molecular weight excluding hydrogens is 453 g/mol. The number of carbonyl (C=O) groups excluding carboxylic acids is 1. The van der Waals surface area contributed by atoms with Crippen LogP contribution in [0.3, 0.4) is 0 Å². The SMILES string of the molecule is C=CCCCCc1cc(F)cc(CC)c1-c1cc([C@@H](N)CC(=O)OCC)c(F)c(C(F)(F)F)c1. The zero-order chi connectivity index (χ0) is 25.5. The van der Waals surface area contributed by atoms with E-state index in [1.165, 1.54) is 18.2 Å². The first-order valence-corrected chi connectivity index (χ1v) is 11.3. The van der Waals surface area contributed by atoms with Gasteiger partial charge in [0.2, 0.25) is 0 Å². The molecule has 2 rings (SSSR count). The summed E-state index contributed by atoms with van der Waals surface area (Å²) in [5.41, 5.74) is 5.58. The molecule has 0 spiro atoms. The highest BCUT2D eigenvalue weighted by atomic mass is 19.4. The molecule has 186 valence electrons. The summed E-state index contributed by atoms with van der Waals surface area (Å²) in [6.45, 7) is 7.06. The maximum absolute atomic E-state index is 15.0. The highest BCUT2D eigenvalue weighted by Crippen LogP contribution is 2.40. The van der Waals surface area contributed by atoms with Crippen LogP contribution in [-0.4, -0.2) is 12.6 Å². The van der Waals surface area contributed by atoms with Crippen LogP contribution >= 0.6 is 0 Å². The Kier molecular flexibility index (Phi) is 9.79. The molecule has 0 saturated carbocycles. The first-order chi connectivity index (χ1) is 16.0. The highest BCUT2D eigenvalue weighted by molar-refractivity contribution is 5.74. The maximum Gasteiger partial charge on any atom is 0.419 e. The highest BCUT2D eigenvalue weighted by Gasteiger charge is 2.37. The average molecular weight is 484 g/mol. The predicted molar refractivity (Wildman–Crippen MR) is 122 cm³/mol. The molecule has 0 heterocycles. The van der Waals surface area contributed by atoms with E-state index >= 15 is 0 Å². The molecule has 8 heteroatoms.